The minimum absolute atomic E-state index is 0.184. The zero-order chi connectivity index (χ0) is 16.3. The van der Waals surface area contributed by atoms with Gasteiger partial charge in [-0.2, -0.15) is 0 Å². The lowest BCUT2D eigenvalue weighted by Gasteiger charge is -2.40. The van der Waals surface area contributed by atoms with Gasteiger partial charge in [-0.05, 0) is 26.8 Å². The zero-order valence-corrected chi connectivity index (χ0v) is 13.3. The second-order valence-corrected chi connectivity index (χ2v) is 6.44. The Labute approximate surface area is 130 Å². The van der Waals surface area contributed by atoms with Crippen LogP contribution in [0.4, 0.5) is 16.2 Å². The molecule has 1 unspecified atom stereocenters. The van der Waals surface area contributed by atoms with Crippen LogP contribution in [0.2, 0.25) is 0 Å². The third-order valence-corrected chi connectivity index (χ3v) is 3.73. The molecule has 0 radical (unpaired) electrons. The van der Waals surface area contributed by atoms with Gasteiger partial charge < -0.3 is 25.4 Å². The highest BCUT2D eigenvalue weighted by molar-refractivity contribution is 5.67. The molecule has 1 aromatic rings. The maximum atomic E-state index is 11.5. The monoisotopic (exact) mass is 308 g/mol. The highest BCUT2D eigenvalue weighted by Gasteiger charge is 2.31. The Hall–Kier alpha value is -2.02. The van der Waals surface area contributed by atoms with Crippen molar-refractivity contribution in [3.8, 4) is 0 Å². The molecular formula is C15H24N4O3. The Kier molecular flexibility index (Phi) is 4.75. The fourth-order valence-corrected chi connectivity index (χ4v) is 2.58. The number of ether oxygens (including phenoxy) is 1. The molecule has 1 amide bonds. The van der Waals surface area contributed by atoms with Crippen LogP contribution in [0, 0.1) is 0 Å². The summed E-state index contributed by atoms with van der Waals surface area (Å²) >= 11 is 0. The third kappa shape index (κ3) is 3.79. The molecule has 0 spiro atoms. The van der Waals surface area contributed by atoms with Crippen molar-refractivity contribution in [3.63, 3.8) is 0 Å². The van der Waals surface area contributed by atoms with Crippen LogP contribution in [0.3, 0.4) is 0 Å². The predicted molar refractivity (Wildman–Crippen MR) is 85.1 cm³/mol. The van der Waals surface area contributed by atoms with Crippen LogP contribution in [-0.2, 0) is 4.74 Å². The van der Waals surface area contributed by atoms with E-state index in [1.807, 2.05) is 26.8 Å². The average molecular weight is 308 g/mol. The molecule has 2 heterocycles. The molecule has 1 aliphatic rings. The average Bonchev–Trinajstić information content (AvgIpc) is 2.44. The number of morpholine rings is 1. The molecule has 7 heteroatoms. The number of nitrogens with zero attached hydrogens (tertiary/aromatic N) is 3. The van der Waals surface area contributed by atoms with Gasteiger partial charge in [0.2, 0.25) is 0 Å². The van der Waals surface area contributed by atoms with Crippen LogP contribution in [-0.4, -0.2) is 59.0 Å². The van der Waals surface area contributed by atoms with E-state index in [1.54, 1.807) is 12.4 Å². The molecule has 122 valence electrons. The lowest BCUT2D eigenvalue weighted by Crippen LogP contribution is -2.53. The molecule has 0 saturated carbocycles. The van der Waals surface area contributed by atoms with Crippen LogP contribution in [0.1, 0.15) is 20.8 Å². The number of anilines is 2. The fraction of sp³-hybridized carbons (Fsp3) is 0.600. The molecule has 0 aliphatic carbocycles. The van der Waals surface area contributed by atoms with Gasteiger partial charge in [-0.1, -0.05) is 0 Å². The highest BCUT2D eigenvalue weighted by Crippen LogP contribution is 2.24. The predicted octanol–water partition coefficient (Wildman–Crippen LogP) is 1.65. The quantitative estimate of drug-likeness (QED) is 0.882. The summed E-state index contributed by atoms with van der Waals surface area (Å²) in [4.78, 5) is 19.0. The van der Waals surface area contributed by atoms with E-state index in [1.165, 1.54) is 4.90 Å². The first-order chi connectivity index (χ1) is 10.3. The maximum absolute atomic E-state index is 11.5. The Bertz CT molecular complexity index is 530. The molecule has 7 nitrogen and oxygen atoms in total. The van der Waals surface area contributed by atoms with Crippen molar-refractivity contribution >= 4 is 17.5 Å². The van der Waals surface area contributed by atoms with E-state index in [9.17, 15) is 9.90 Å². The summed E-state index contributed by atoms with van der Waals surface area (Å²) in [5.41, 5.74) is 7.04. The number of aromatic nitrogens is 1. The Balaban J connectivity index is 2.08. The van der Waals surface area contributed by atoms with E-state index in [-0.39, 0.29) is 6.10 Å². The van der Waals surface area contributed by atoms with E-state index in [0.29, 0.717) is 25.4 Å². The first-order valence-corrected chi connectivity index (χ1v) is 7.35. The molecule has 1 aliphatic heterocycles. The Morgan fingerprint density at radius 3 is 2.91 bits per heavy atom. The molecule has 1 saturated heterocycles. The molecular weight excluding hydrogens is 284 g/mol. The molecule has 22 heavy (non-hydrogen) atoms. The van der Waals surface area contributed by atoms with E-state index in [2.05, 4.69) is 9.88 Å². The number of carbonyl (C=O) groups is 1. The lowest BCUT2D eigenvalue weighted by atomic mass is 10.1. The largest absolute Gasteiger partial charge is 0.465 e. The van der Waals surface area contributed by atoms with Gasteiger partial charge in [0.25, 0.3) is 0 Å². The highest BCUT2D eigenvalue weighted by atomic mass is 16.5. The van der Waals surface area contributed by atoms with Crippen LogP contribution in [0.5, 0.6) is 0 Å². The molecule has 1 fully saturated rings. The fourth-order valence-electron chi connectivity index (χ4n) is 2.58. The van der Waals surface area contributed by atoms with E-state index in [4.69, 9.17) is 10.5 Å². The van der Waals surface area contributed by atoms with Crippen molar-refractivity contribution in [1.82, 2.24) is 9.88 Å². The lowest BCUT2D eigenvalue weighted by molar-refractivity contribution is -0.000333. The number of nitrogen functional groups attached to an aromatic ring is 1. The van der Waals surface area contributed by atoms with Gasteiger partial charge in [0.15, 0.2) is 0 Å². The van der Waals surface area contributed by atoms with Crippen molar-refractivity contribution in [2.75, 3.05) is 36.9 Å². The zero-order valence-electron chi connectivity index (χ0n) is 13.3. The summed E-state index contributed by atoms with van der Waals surface area (Å²) in [5.74, 6) is 0. The minimum Gasteiger partial charge on any atom is -0.465 e. The summed E-state index contributed by atoms with van der Waals surface area (Å²) in [6.45, 7) is 7.85. The van der Waals surface area contributed by atoms with Crippen molar-refractivity contribution in [2.24, 2.45) is 0 Å². The van der Waals surface area contributed by atoms with Gasteiger partial charge in [0.1, 0.15) is 0 Å². The molecule has 0 bridgehead atoms. The summed E-state index contributed by atoms with van der Waals surface area (Å²) < 4.78 is 5.74. The summed E-state index contributed by atoms with van der Waals surface area (Å²) in [6.07, 6.45) is 2.21. The number of pyridine rings is 1. The minimum atomic E-state index is -0.934. The SMILES string of the molecule is CC(C)(C)N(CC1CN(c2ccncc2N)CCO1)C(=O)O. The first kappa shape index (κ1) is 16.4. The van der Waals surface area contributed by atoms with Gasteiger partial charge in [-0.15, -0.1) is 0 Å². The second kappa shape index (κ2) is 6.39. The molecule has 0 aromatic carbocycles. The van der Waals surface area contributed by atoms with Gasteiger partial charge in [0.05, 0.1) is 36.8 Å². The Morgan fingerprint density at radius 1 is 1.59 bits per heavy atom. The molecule has 3 N–H and O–H groups in total. The van der Waals surface area contributed by atoms with Crippen LogP contribution >= 0.6 is 0 Å². The van der Waals surface area contributed by atoms with Crippen molar-refractivity contribution < 1.29 is 14.6 Å². The van der Waals surface area contributed by atoms with Gasteiger partial charge >= 0.3 is 6.09 Å². The number of hydrogen-bond donors (Lipinski definition) is 2. The third-order valence-electron chi connectivity index (χ3n) is 3.73. The first-order valence-electron chi connectivity index (χ1n) is 7.35. The van der Waals surface area contributed by atoms with Crippen LogP contribution < -0.4 is 10.6 Å². The van der Waals surface area contributed by atoms with Crippen LogP contribution in [0.25, 0.3) is 0 Å². The Morgan fingerprint density at radius 2 is 2.32 bits per heavy atom. The topological polar surface area (TPSA) is 91.9 Å². The van der Waals surface area contributed by atoms with Gasteiger partial charge in [-0.3, -0.25) is 4.98 Å². The van der Waals surface area contributed by atoms with E-state index < -0.39 is 11.6 Å². The second-order valence-electron chi connectivity index (χ2n) is 6.44. The number of carboxylic acid groups (broad SMARTS) is 1. The smallest absolute Gasteiger partial charge is 0.407 e. The van der Waals surface area contributed by atoms with Gasteiger partial charge in [0, 0.05) is 24.8 Å². The number of amides is 1. The summed E-state index contributed by atoms with van der Waals surface area (Å²) in [7, 11) is 0. The summed E-state index contributed by atoms with van der Waals surface area (Å²) in [6, 6.07) is 1.87. The van der Waals surface area contributed by atoms with E-state index in [0.717, 1.165) is 12.2 Å². The van der Waals surface area contributed by atoms with E-state index >= 15 is 0 Å². The van der Waals surface area contributed by atoms with Crippen molar-refractivity contribution in [1.29, 1.82) is 0 Å². The summed E-state index contributed by atoms with van der Waals surface area (Å²) in [5, 5.41) is 9.40. The van der Waals surface area contributed by atoms with Crippen molar-refractivity contribution in [2.45, 2.75) is 32.4 Å². The van der Waals surface area contributed by atoms with Crippen LogP contribution in [0.15, 0.2) is 18.5 Å². The van der Waals surface area contributed by atoms with Crippen molar-refractivity contribution in [3.05, 3.63) is 18.5 Å². The number of hydrogen-bond acceptors (Lipinski definition) is 5. The molecule has 1 aromatic heterocycles. The number of nitrogens with two attached hydrogens (primary N) is 1. The molecule has 1 atom stereocenters. The normalized spacial score (nSPS) is 19.0. The standard InChI is InChI=1S/C15H24N4O3/c1-15(2,3)19(14(20)21)10-11-9-18(6-7-22-11)13-4-5-17-8-12(13)16/h4-5,8,11H,6-7,9-10,16H2,1-3H3,(H,20,21). The van der Waals surface area contributed by atoms with Gasteiger partial charge in [-0.25, -0.2) is 4.79 Å². The number of rotatable bonds is 3. The molecule has 2 rings (SSSR count). The maximum Gasteiger partial charge on any atom is 0.407 e.